The molecule has 0 spiro atoms. The minimum Gasteiger partial charge on any atom is -0.382 e. The molecule has 0 aliphatic carbocycles. The summed E-state index contributed by atoms with van der Waals surface area (Å²) in [5.41, 5.74) is 9.04. The number of hydrogen-bond donors (Lipinski definition) is 2. The number of anilines is 2. The third kappa shape index (κ3) is 3.25. The number of rotatable bonds is 3. The van der Waals surface area contributed by atoms with Crippen LogP contribution in [0.3, 0.4) is 0 Å². The summed E-state index contributed by atoms with van der Waals surface area (Å²) < 4.78 is 1.62. The predicted molar refractivity (Wildman–Crippen MR) is 106 cm³/mol. The average molecular weight is 375 g/mol. The normalized spacial score (nSPS) is 14.1. The van der Waals surface area contributed by atoms with Crippen LogP contribution in [0.4, 0.5) is 11.6 Å². The average Bonchev–Trinajstić information content (AvgIpc) is 3.06. The Morgan fingerprint density at radius 2 is 1.93 bits per heavy atom. The lowest BCUT2D eigenvalue weighted by molar-refractivity contribution is 0.585. The topological polar surface area (TPSA) is 122 Å². The van der Waals surface area contributed by atoms with Gasteiger partial charge in [0.15, 0.2) is 0 Å². The molecule has 9 heteroatoms. The van der Waals surface area contributed by atoms with Gasteiger partial charge in [-0.1, -0.05) is 6.07 Å². The molecule has 1 aliphatic heterocycles. The van der Waals surface area contributed by atoms with Crippen LogP contribution in [-0.2, 0) is 0 Å². The summed E-state index contributed by atoms with van der Waals surface area (Å²) in [5, 5.41) is 17.4. The van der Waals surface area contributed by atoms with Crippen molar-refractivity contribution in [2.24, 2.45) is 0 Å². The van der Waals surface area contributed by atoms with Gasteiger partial charge in [-0.2, -0.15) is 15.3 Å². The summed E-state index contributed by atoms with van der Waals surface area (Å²) in [6.45, 7) is 7.40. The predicted octanol–water partition coefficient (Wildman–Crippen LogP) is 1.20. The van der Waals surface area contributed by atoms with Crippen molar-refractivity contribution < 1.29 is 0 Å². The Bertz CT molecular complexity index is 1060. The van der Waals surface area contributed by atoms with Crippen molar-refractivity contribution in [2.75, 3.05) is 36.8 Å². The fourth-order valence-electron chi connectivity index (χ4n) is 3.31. The zero-order valence-corrected chi connectivity index (χ0v) is 15.8. The molecule has 1 fully saturated rings. The maximum absolute atomic E-state index is 9.62. The van der Waals surface area contributed by atoms with Gasteiger partial charge in [-0.05, 0) is 32.0 Å². The van der Waals surface area contributed by atoms with E-state index in [1.807, 2.05) is 38.1 Å². The van der Waals surface area contributed by atoms with E-state index in [0.29, 0.717) is 17.3 Å². The fraction of sp³-hybridized carbons (Fsp3) is 0.316. The van der Waals surface area contributed by atoms with Crippen molar-refractivity contribution in [1.29, 1.82) is 5.26 Å². The molecule has 0 amide bonds. The second kappa shape index (κ2) is 7.25. The summed E-state index contributed by atoms with van der Waals surface area (Å²) >= 11 is 0. The Morgan fingerprint density at radius 1 is 1.14 bits per heavy atom. The molecule has 4 rings (SSSR count). The maximum atomic E-state index is 9.62. The first kappa shape index (κ1) is 17.9. The summed E-state index contributed by atoms with van der Waals surface area (Å²) in [6.07, 6.45) is 0. The molecule has 1 saturated heterocycles. The van der Waals surface area contributed by atoms with Crippen molar-refractivity contribution >= 4 is 11.6 Å². The summed E-state index contributed by atoms with van der Waals surface area (Å²) in [6, 6.07) is 9.76. The SMILES string of the molecule is Cc1cc(C)n(-c2nc(N)c(C#N)c(-c3cccc(N4CCNCC4)n3)n2)n1. The smallest absolute Gasteiger partial charge is 0.253 e. The van der Waals surface area contributed by atoms with Gasteiger partial charge in [0.05, 0.1) is 11.4 Å². The van der Waals surface area contributed by atoms with Crippen LogP contribution < -0.4 is 16.0 Å². The molecule has 1 aliphatic rings. The lowest BCUT2D eigenvalue weighted by Gasteiger charge is -2.28. The molecule has 3 aromatic heterocycles. The summed E-state index contributed by atoms with van der Waals surface area (Å²) in [5.74, 6) is 1.30. The first-order valence-electron chi connectivity index (χ1n) is 9.11. The fourth-order valence-corrected chi connectivity index (χ4v) is 3.31. The van der Waals surface area contributed by atoms with Gasteiger partial charge in [0, 0.05) is 31.9 Å². The lowest BCUT2D eigenvalue weighted by Crippen LogP contribution is -2.43. The van der Waals surface area contributed by atoms with Crippen molar-refractivity contribution in [1.82, 2.24) is 30.0 Å². The van der Waals surface area contributed by atoms with Crippen LogP contribution in [0.5, 0.6) is 0 Å². The molecule has 0 aromatic carbocycles. The number of aryl methyl sites for hydroxylation is 2. The number of piperazine rings is 1. The Hall–Kier alpha value is -3.51. The van der Waals surface area contributed by atoms with Gasteiger partial charge in [0.1, 0.15) is 29.0 Å². The van der Waals surface area contributed by atoms with Gasteiger partial charge in [0.25, 0.3) is 5.95 Å². The van der Waals surface area contributed by atoms with Crippen molar-refractivity contribution in [3.8, 4) is 23.4 Å². The molecule has 0 saturated carbocycles. The second-order valence-electron chi connectivity index (χ2n) is 6.70. The van der Waals surface area contributed by atoms with E-state index in [1.54, 1.807) is 4.68 Å². The van der Waals surface area contributed by atoms with E-state index in [0.717, 1.165) is 43.4 Å². The minimum atomic E-state index is 0.115. The molecule has 3 N–H and O–H groups in total. The molecule has 0 bridgehead atoms. The highest BCUT2D eigenvalue weighted by Gasteiger charge is 2.19. The van der Waals surface area contributed by atoms with E-state index < -0.39 is 0 Å². The molecule has 0 radical (unpaired) electrons. The van der Waals surface area contributed by atoms with Crippen LogP contribution in [0.15, 0.2) is 24.3 Å². The van der Waals surface area contributed by atoms with E-state index in [-0.39, 0.29) is 11.4 Å². The third-order valence-corrected chi connectivity index (χ3v) is 4.65. The van der Waals surface area contributed by atoms with Crippen molar-refractivity contribution in [3.05, 3.63) is 41.2 Å². The van der Waals surface area contributed by atoms with Crippen LogP contribution in [0.2, 0.25) is 0 Å². The van der Waals surface area contributed by atoms with E-state index in [2.05, 4.69) is 31.4 Å². The number of nitrogen functional groups attached to an aromatic ring is 1. The molecule has 3 aromatic rings. The highest BCUT2D eigenvalue weighted by Crippen LogP contribution is 2.26. The van der Waals surface area contributed by atoms with E-state index in [9.17, 15) is 5.26 Å². The number of aromatic nitrogens is 5. The number of nitriles is 1. The van der Waals surface area contributed by atoms with Crippen LogP contribution >= 0.6 is 0 Å². The van der Waals surface area contributed by atoms with Gasteiger partial charge in [-0.15, -0.1) is 0 Å². The number of nitrogens with two attached hydrogens (primary N) is 1. The van der Waals surface area contributed by atoms with E-state index in [4.69, 9.17) is 10.7 Å². The van der Waals surface area contributed by atoms with Crippen LogP contribution in [0, 0.1) is 25.2 Å². The lowest BCUT2D eigenvalue weighted by atomic mass is 10.1. The highest BCUT2D eigenvalue weighted by atomic mass is 15.4. The Labute approximate surface area is 162 Å². The Kier molecular flexibility index (Phi) is 4.63. The summed E-state index contributed by atoms with van der Waals surface area (Å²) in [4.78, 5) is 15.8. The van der Waals surface area contributed by atoms with Gasteiger partial charge in [-0.25, -0.2) is 14.6 Å². The molecular formula is C19H21N9. The standard InChI is InChI=1S/C19H21N9/c1-12-10-13(2)28(26-12)19-24-17(14(11-20)18(21)25-19)15-4-3-5-16(23-15)27-8-6-22-7-9-27/h3-5,10,22H,6-9H2,1-2H3,(H2,21,24,25). The quantitative estimate of drug-likeness (QED) is 0.700. The van der Waals surface area contributed by atoms with Crippen LogP contribution in [0.25, 0.3) is 17.3 Å². The molecule has 0 unspecified atom stereocenters. The first-order chi connectivity index (χ1) is 13.6. The minimum absolute atomic E-state index is 0.115. The largest absolute Gasteiger partial charge is 0.382 e. The summed E-state index contributed by atoms with van der Waals surface area (Å²) in [7, 11) is 0. The van der Waals surface area contributed by atoms with Gasteiger partial charge in [0.2, 0.25) is 0 Å². The molecule has 142 valence electrons. The Morgan fingerprint density at radius 3 is 2.61 bits per heavy atom. The van der Waals surface area contributed by atoms with Gasteiger partial charge < -0.3 is 16.0 Å². The molecular weight excluding hydrogens is 354 g/mol. The number of nitrogens with one attached hydrogen (secondary N) is 1. The second-order valence-corrected chi connectivity index (χ2v) is 6.70. The number of nitrogens with zero attached hydrogens (tertiary/aromatic N) is 7. The molecule has 9 nitrogen and oxygen atoms in total. The van der Waals surface area contributed by atoms with Crippen molar-refractivity contribution in [2.45, 2.75) is 13.8 Å². The number of hydrogen-bond acceptors (Lipinski definition) is 8. The third-order valence-electron chi connectivity index (χ3n) is 4.65. The first-order valence-corrected chi connectivity index (χ1v) is 9.11. The monoisotopic (exact) mass is 375 g/mol. The van der Waals surface area contributed by atoms with E-state index >= 15 is 0 Å². The van der Waals surface area contributed by atoms with Crippen LogP contribution in [0.1, 0.15) is 17.0 Å². The molecule has 0 atom stereocenters. The van der Waals surface area contributed by atoms with Crippen molar-refractivity contribution in [3.63, 3.8) is 0 Å². The zero-order chi connectivity index (χ0) is 19.7. The molecule has 28 heavy (non-hydrogen) atoms. The van der Waals surface area contributed by atoms with Gasteiger partial charge >= 0.3 is 0 Å². The number of pyridine rings is 1. The zero-order valence-electron chi connectivity index (χ0n) is 15.8. The van der Waals surface area contributed by atoms with Gasteiger partial charge in [-0.3, -0.25) is 0 Å². The molecule has 4 heterocycles. The van der Waals surface area contributed by atoms with Crippen LogP contribution in [-0.4, -0.2) is 50.9 Å². The van der Waals surface area contributed by atoms with E-state index in [1.165, 1.54) is 0 Å². The maximum Gasteiger partial charge on any atom is 0.253 e. The Balaban J connectivity index is 1.83. The highest BCUT2D eigenvalue weighted by molar-refractivity contribution is 5.71.